The Kier molecular flexibility index (Phi) is 7.77. The molecule has 2 aromatic carbocycles. The normalized spacial score (nSPS) is 18.6. The third kappa shape index (κ3) is 6.10. The van der Waals surface area contributed by atoms with Gasteiger partial charge < -0.3 is 19.9 Å². The minimum absolute atomic E-state index is 0.0367. The van der Waals surface area contributed by atoms with Crippen molar-refractivity contribution in [2.24, 2.45) is 5.92 Å². The summed E-state index contributed by atoms with van der Waals surface area (Å²) in [7, 11) is 0. The van der Waals surface area contributed by atoms with Crippen molar-refractivity contribution in [3.05, 3.63) is 71.3 Å². The number of nitrogens with one attached hydrogen (secondary N) is 1. The third-order valence-corrected chi connectivity index (χ3v) is 6.28. The van der Waals surface area contributed by atoms with Gasteiger partial charge in [-0.25, -0.2) is 4.79 Å². The van der Waals surface area contributed by atoms with Crippen LogP contribution < -0.4 is 5.32 Å². The summed E-state index contributed by atoms with van der Waals surface area (Å²) in [5.41, 5.74) is 3.30. The molecule has 0 bridgehead atoms. The highest BCUT2D eigenvalue weighted by atomic mass is 16.5. The molecule has 32 heavy (non-hydrogen) atoms. The van der Waals surface area contributed by atoms with Crippen LogP contribution in [0.5, 0.6) is 0 Å². The summed E-state index contributed by atoms with van der Waals surface area (Å²) in [6.07, 6.45) is 3.88. The second-order valence-corrected chi connectivity index (χ2v) is 8.78. The molecule has 1 N–H and O–H groups in total. The van der Waals surface area contributed by atoms with Gasteiger partial charge in [0.25, 0.3) is 0 Å². The first-order chi connectivity index (χ1) is 15.7. The quantitative estimate of drug-likeness (QED) is 0.716. The number of urea groups is 1. The molecule has 2 aliphatic rings. The molecule has 0 saturated carbocycles. The number of carbonyl (C=O) groups is 2. The summed E-state index contributed by atoms with van der Waals surface area (Å²) in [4.78, 5) is 29.2. The number of amides is 3. The van der Waals surface area contributed by atoms with Crippen LogP contribution in [-0.4, -0.2) is 47.9 Å². The number of rotatable bonds is 7. The van der Waals surface area contributed by atoms with Crippen LogP contribution in [0, 0.1) is 5.92 Å². The SMILES string of the molecule is O=C(NCc1cccc(COCc2ccccc2)c1)[C@@H]1CCCN(C(=O)N2CCCC2)C1. The van der Waals surface area contributed by atoms with E-state index in [9.17, 15) is 9.59 Å². The third-order valence-electron chi connectivity index (χ3n) is 6.28. The van der Waals surface area contributed by atoms with Gasteiger partial charge in [0.1, 0.15) is 0 Å². The van der Waals surface area contributed by atoms with Gasteiger partial charge in [0, 0.05) is 32.7 Å². The zero-order valence-electron chi connectivity index (χ0n) is 18.7. The Morgan fingerprint density at radius 3 is 2.34 bits per heavy atom. The molecule has 170 valence electrons. The van der Waals surface area contributed by atoms with Gasteiger partial charge in [0.2, 0.25) is 5.91 Å². The molecule has 1 atom stereocenters. The molecular formula is C26H33N3O3. The summed E-state index contributed by atoms with van der Waals surface area (Å²) in [5.74, 6) is -0.0951. The molecule has 3 amide bonds. The molecule has 2 heterocycles. The lowest BCUT2D eigenvalue weighted by atomic mass is 9.97. The minimum atomic E-state index is -0.132. The van der Waals surface area contributed by atoms with Crippen molar-refractivity contribution in [2.45, 2.75) is 45.4 Å². The van der Waals surface area contributed by atoms with Gasteiger partial charge in [-0.2, -0.15) is 0 Å². The standard InChI is InChI=1S/C26H33N3O3/c30-25(24-12-7-15-29(18-24)26(31)28-13-4-5-14-28)27-17-22-10-6-11-23(16-22)20-32-19-21-8-2-1-3-9-21/h1-3,6,8-11,16,24H,4-5,7,12-15,17-20H2,(H,27,30)/t24-/m1/s1. The number of carbonyl (C=O) groups excluding carboxylic acids is 2. The van der Waals surface area contributed by atoms with Crippen LogP contribution in [0.3, 0.4) is 0 Å². The van der Waals surface area contributed by atoms with Crippen molar-refractivity contribution in [2.75, 3.05) is 26.2 Å². The highest BCUT2D eigenvalue weighted by molar-refractivity contribution is 5.81. The maximum Gasteiger partial charge on any atom is 0.320 e. The molecule has 0 unspecified atom stereocenters. The maximum atomic E-state index is 12.8. The predicted octanol–water partition coefficient (Wildman–Crippen LogP) is 3.95. The fourth-order valence-electron chi connectivity index (χ4n) is 4.50. The summed E-state index contributed by atoms with van der Waals surface area (Å²) < 4.78 is 5.83. The van der Waals surface area contributed by atoms with Crippen molar-refractivity contribution in [3.63, 3.8) is 0 Å². The van der Waals surface area contributed by atoms with Crippen LogP contribution in [0.25, 0.3) is 0 Å². The van der Waals surface area contributed by atoms with Gasteiger partial charge in [-0.05, 0) is 42.4 Å². The summed E-state index contributed by atoms with van der Waals surface area (Å²) in [6, 6.07) is 18.4. The number of hydrogen-bond donors (Lipinski definition) is 1. The van der Waals surface area contributed by atoms with Crippen LogP contribution in [0.1, 0.15) is 42.4 Å². The summed E-state index contributed by atoms with van der Waals surface area (Å²) >= 11 is 0. The highest BCUT2D eigenvalue weighted by Crippen LogP contribution is 2.20. The number of ether oxygens (including phenoxy) is 1. The van der Waals surface area contributed by atoms with E-state index in [0.29, 0.717) is 26.3 Å². The van der Waals surface area contributed by atoms with Crippen molar-refractivity contribution in [1.29, 1.82) is 0 Å². The zero-order chi connectivity index (χ0) is 22.2. The van der Waals surface area contributed by atoms with Crippen molar-refractivity contribution in [3.8, 4) is 0 Å². The van der Waals surface area contributed by atoms with Crippen molar-refractivity contribution in [1.82, 2.24) is 15.1 Å². The molecule has 0 aromatic heterocycles. The Morgan fingerprint density at radius 2 is 1.53 bits per heavy atom. The number of likely N-dealkylation sites (tertiary alicyclic amines) is 2. The van der Waals surface area contributed by atoms with Crippen molar-refractivity contribution >= 4 is 11.9 Å². The Balaban J connectivity index is 1.23. The molecule has 0 aliphatic carbocycles. The molecule has 2 fully saturated rings. The Labute approximate surface area is 190 Å². The molecule has 0 radical (unpaired) electrons. The topological polar surface area (TPSA) is 61.9 Å². The Hall–Kier alpha value is -2.86. The van der Waals surface area contributed by atoms with Crippen LogP contribution >= 0.6 is 0 Å². The molecule has 2 saturated heterocycles. The predicted molar refractivity (Wildman–Crippen MR) is 124 cm³/mol. The first-order valence-corrected chi connectivity index (χ1v) is 11.7. The Morgan fingerprint density at radius 1 is 0.844 bits per heavy atom. The summed E-state index contributed by atoms with van der Waals surface area (Å²) in [5, 5.41) is 3.08. The van der Waals surface area contributed by atoms with Gasteiger partial charge in [-0.15, -0.1) is 0 Å². The number of nitrogens with zero attached hydrogens (tertiary/aromatic N) is 2. The summed E-state index contributed by atoms with van der Waals surface area (Å²) in [6.45, 7) is 4.57. The van der Waals surface area contributed by atoms with E-state index >= 15 is 0 Å². The van der Waals surface area contributed by atoms with E-state index in [-0.39, 0.29) is 17.9 Å². The molecule has 0 spiro atoms. The fourth-order valence-corrected chi connectivity index (χ4v) is 4.50. The smallest absolute Gasteiger partial charge is 0.320 e. The second kappa shape index (κ2) is 11.1. The van der Waals surface area contributed by atoms with Gasteiger partial charge >= 0.3 is 6.03 Å². The number of benzene rings is 2. The van der Waals surface area contributed by atoms with E-state index in [1.807, 2.05) is 46.2 Å². The van der Waals surface area contributed by atoms with Crippen LogP contribution in [0.4, 0.5) is 4.79 Å². The van der Waals surface area contributed by atoms with E-state index < -0.39 is 0 Å². The average molecular weight is 436 g/mol. The maximum absolute atomic E-state index is 12.8. The monoisotopic (exact) mass is 435 g/mol. The lowest BCUT2D eigenvalue weighted by Crippen LogP contribution is -2.49. The van der Waals surface area contributed by atoms with E-state index in [1.54, 1.807) is 0 Å². The molecular weight excluding hydrogens is 402 g/mol. The van der Waals surface area contributed by atoms with E-state index in [4.69, 9.17) is 4.74 Å². The number of hydrogen-bond acceptors (Lipinski definition) is 3. The molecule has 6 heteroatoms. The van der Waals surface area contributed by atoms with Crippen LogP contribution in [0.2, 0.25) is 0 Å². The lowest BCUT2D eigenvalue weighted by Gasteiger charge is -2.34. The van der Waals surface area contributed by atoms with Crippen molar-refractivity contribution < 1.29 is 14.3 Å². The second-order valence-electron chi connectivity index (χ2n) is 8.78. The van der Waals surface area contributed by atoms with E-state index in [0.717, 1.165) is 62.0 Å². The minimum Gasteiger partial charge on any atom is -0.372 e. The van der Waals surface area contributed by atoms with Gasteiger partial charge in [0.05, 0.1) is 19.1 Å². The molecule has 2 aliphatic heterocycles. The number of piperidine rings is 1. The van der Waals surface area contributed by atoms with Gasteiger partial charge in [-0.3, -0.25) is 4.79 Å². The van der Waals surface area contributed by atoms with E-state index in [1.165, 1.54) is 0 Å². The van der Waals surface area contributed by atoms with Crippen LogP contribution in [0.15, 0.2) is 54.6 Å². The van der Waals surface area contributed by atoms with Crippen LogP contribution in [-0.2, 0) is 29.3 Å². The molecule has 4 rings (SSSR count). The Bertz CT molecular complexity index is 896. The molecule has 6 nitrogen and oxygen atoms in total. The first kappa shape index (κ1) is 22.3. The average Bonchev–Trinajstić information content (AvgIpc) is 3.38. The lowest BCUT2D eigenvalue weighted by molar-refractivity contribution is -0.126. The van der Waals surface area contributed by atoms with E-state index in [2.05, 4.69) is 23.5 Å². The zero-order valence-corrected chi connectivity index (χ0v) is 18.7. The van der Waals surface area contributed by atoms with Gasteiger partial charge in [-0.1, -0.05) is 54.6 Å². The fraction of sp³-hybridized carbons (Fsp3) is 0.462. The molecule has 2 aromatic rings. The first-order valence-electron chi connectivity index (χ1n) is 11.7. The largest absolute Gasteiger partial charge is 0.372 e. The van der Waals surface area contributed by atoms with Gasteiger partial charge in [0.15, 0.2) is 0 Å². The highest BCUT2D eigenvalue weighted by Gasteiger charge is 2.31.